The number of carboxylic acids is 1. The second-order valence-electron chi connectivity index (χ2n) is 9.32. The van der Waals surface area contributed by atoms with Crippen LogP contribution in [-0.4, -0.2) is 45.2 Å². The van der Waals surface area contributed by atoms with Crippen molar-refractivity contribution < 1.29 is 24.2 Å². The van der Waals surface area contributed by atoms with Gasteiger partial charge < -0.3 is 19.7 Å². The molecule has 0 aliphatic carbocycles. The maximum Gasteiger partial charge on any atom is 0.407 e. The fraction of sp³-hybridized carbons (Fsp3) is 0.333. The van der Waals surface area contributed by atoms with Crippen molar-refractivity contribution in [2.75, 3.05) is 6.54 Å². The first kappa shape index (κ1) is 28.4. The number of nitrogens with zero attached hydrogens (tertiary/aromatic N) is 2. The molecule has 8 heteroatoms. The minimum atomic E-state index is -0.889. The Morgan fingerprint density at radius 2 is 2.00 bits per heavy atom. The van der Waals surface area contributed by atoms with Crippen LogP contribution in [0.15, 0.2) is 79.2 Å². The van der Waals surface area contributed by atoms with Crippen LogP contribution in [0.3, 0.4) is 0 Å². The molecule has 2 atom stereocenters. The third kappa shape index (κ3) is 7.18. The first-order chi connectivity index (χ1) is 18.2. The molecule has 0 saturated heterocycles. The number of allylic oxidation sites excluding steroid dienone is 5. The molecule has 0 saturated carbocycles. The lowest BCUT2D eigenvalue weighted by Gasteiger charge is -2.20. The van der Waals surface area contributed by atoms with Gasteiger partial charge in [-0.2, -0.15) is 0 Å². The highest BCUT2D eigenvalue weighted by Crippen LogP contribution is 2.28. The third-order valence-corrected chi connectivity index (χ3v) is 6.64. The molecule has 8 nitrogen and oxygen atoms in total. The molecule has 0 bridgehead atoms. The summed E-state index contributed by atoms with van der Waals surface area (Å²) >= 11 is 0. The average Bonchev–Trinajstić information content (AvgIpc) is 3.32. The molecule has 0 radical (unpaired) electrons. The van der Waals surface area contributed by atoms with Gasteiger partial charge in [-0.05, 0) is 56.7 Å². The minimum absolute atomic E-state index is 0.165. The summed E-state index contributed by atoms with van der Waals surface area (Å²) in [5.41, 5.74) is 4.84. The molecule has 1 aliphatic rings. The van der Waals surface area contributed by atoms with Crippen LogP contribution in [0.4, 0.5) is 4.79 Å². The van der Waals surface area contributed by atoms with Crippen molar-refractivity contribution in [1.29, 1.82) is 0 Å². The Bertz CT molecular complexity index is 1270. The van der Waals surface area contributed by atoms with Gasteiger partial charge in [-0.25, -0.2) is 9.78 Å². The van der Waals surface area contributed by atoms with E-state index in [0.717, 1.165) is 29.9 Å². The summed E-state index contributed by atoms with van der Waals surface area (Å²) in [6, 6.07) is 8.16. The van der Waals surface area contributed by atoms with Crippen molar-refractivity contribution in [1.82, 2.24) is 14.9 Å². The molecular weight excluding hydrogens is 482 g/mol. The standard InChI is InChI=1S/C30H35N3O5/c1-5-6-7-11-20(2)28(34)21(3)22(4)38-30(37)31-17-10-13-24(29(35)36)18-25-27-16-15-23-12-8-9-14-26(23)33(27)19-32-25/h5-9,11-12,14,19,22,24H,1,3,10,13,15-18H2,2,4H3,(H,31,37)(H,35,36)/b7-6-,20-11+/t22?,24-/m0/s1. The molecule has 2 heterocycles. The topological polar surface area (TPSA) is 111 Å². The number of nitrogens with one attached hydrogen (secondary N) is 1. The Hall–Kier alpha value is -4.20. The molecule has 0 spiro atoms. The highest BCUT2D eigenvalue weighted by Gasteiger charge is 2.25. The molecule has 38 heavy (non-hydrogen) atoms. The van der Waals surface area contributed by atoms with Gasteiger partial charge in [0.15, 0.2) is 5.78 Å². The predicted octanol–water partition coefficient (Wildman–Crippen LogP) is 4.92. The van der Waals surface area contributed by atoms with Gasteiger partial charge in [0, 0.05) is 29.9 Å². The number of imidazole rings is 1. The predicted molar refractivity (Wildman–Crippen MR) is 146 cm³/mol. The number of carboxylic acid groups (broad SMARTS) is 1. The van der Waals surface area contributed by atoms with Crippen LogP contribution in [0.5, 0.6) is 0 Å². The van der Waals surface area contributed by atoms with Crippen LogP contribution in [0.1, 0.15) is 43.6 Å². The summed E-state index contributed by atoms with van der Waals surface area (Å²) in [6.45, 7) is 10.8. The second-order valence-corrected chi connectivity index (χ2v) is 9.32. The zero-order chi connectivity index (χ0) is 27.7. The Morgan fingerprint density at radius 3 is 2.74 bits per heavy atom. The first-order valence-corrected chi connectivity index (χ1v) is 12.7. The van der Waals surface area contributed by atoms with E-state index in [1.54, 1.807) is 44.5 Å². The first-order valence-electron chi connectivity index (χ1n) is 12.7. The lowest BCUT2D eigenvalue weighted by Crippen LogP contribution is -2.31. The van der Waals surface area contributed by atoms with Gasteiger partial charge in [0.25, 0.3) is 0 Å². The van der Waals surface area contributed by atoms with Crippen LogP contribution in [0, 0.1) is 5.92 Å². The molecule has 1 amide bonds. The number of ketones is 1. The summed E-state index contributed by atoms with van der Waals surface area (Å²) in [4.78, 5) is 41.1. The number of ether oxygens (including phenoxy) is 1. The largest absolute Gasteiger partial charge is 0.481 e. The fourth-order valence-electron chi connectivity index (χ4n) is 4.41. The quantitative estimate of drug-likeness (QED) is 0.222. The number of para-hydroxylation sites is 1. The smallest absolute Gasteiger partial charge is 0.407 e. The van der Waals surface area contributed by atoms with Gasteiger partial charge >= 0.3 is 12.1 Å². The van der Waals surface area contributed by atoms with E-state index in [9.17, 15) is 19.5 Å². The molecule has 2 aromatic rings. The number of rotatable bonds is 13. The molecule has 0 fully saturated rings. The number of amides is 1. The van der Waals surface area contributed by atoms with E-state index >= 15 is 0 Å². The van der Waals surface area contributed by atoms with E-state index in [0.29, 0.717) is 24.8 Å². The SMILES string of the molecule is C=C/C=C\C=C(/C)C(=O)C(=C)C(C)OC(=O)NCCC[C@@H](Cc1ncn2c1CCc1ccccc1-2)C(=O)O. The van der Waals surface area contributed by atoms with E-state index in [1.165, 1.54) is 5.56 Å². The van der Waals surface area contributed by atoms with Crippen molar-refractivity contribution in [3.63, 3.8) is 0 Å². The highest BCUT2D eigenvalue weighted by atomic mass is 16.6. The number of alkyl carbamates (subject to hydrolysis) is 1. The molecule has 200 valence electrons. The molecular formula is C30H35N3O5. The van der Waals surface area contributed by atoms with E-state index in [1.807, 2.05) is 12.1 Å². The van der Waals surface area contributed by atoms with E-state index in [4.69, 9.17) is 4.74 Å². The molecule has 3 rings (SSSR count). The van der Waals surface area contributed by atoms with Crippen molar-refractivity contribution in [3.05, 3.63) is 96.2 Å². The summed E-state index contributed by atoms with van der Waals surface area (Å²) in [5.74, 6) is -1.81. The second kappa shape index (κ2) is 13.4. The van der Waals surface area contributed by atoms with Crippen LogP contribution in [0.2, 0.25) is 0 Å². The van der Waals surface area contributed by atoms with Crippen LogP contribution in [-0.2, 0) is 33.6 Å². The molecule has 1 unspecified atom stereocenters. The maximum absolute atomic E-state index is 12.4. The van der Waals surface area contributed by atoms with Gasteiger partial charge in [-0.15, -0.1) is 0 Å². The number of carbonyl (C=O) groups is 3. The van der Waals surface area contributed by atoms with Gasteiger partial charge in [0.1, 0.15) is 6.10 Å². The van der Waals surface area contributed by atoms with Crippen molar-refractivity contribution >= 4 is 17.8 Å². The summed E-state index contributed by atoms with van der Waals surface area (Å²) in [5, 5.41) is 12.4. The van der Waals surface area contributed by atoms with E-state index < -0.39 is 24.1 Å². The maximum atomic E-state index is 12.4. The molecule has 2 N–H and O–H groups in total. The number of aryl methyl sites for hydroxylation is 1. The summed E-state index contributed by atoms with van der Waals surface area (Å²) in [6.07, 6.45) is 9.79. The van der Waals surface area contributed by atoms with Gasteiger partial charge in [0.05, 0.1) is 17.9 Å². The van der Waals surface area contributed by atoms with Gasteiger partial charge in [0.2, 0.25) is 0 Å². The van der Waals surface area contributed by atoms with Gasteiger partial charge in [-0.1, -0.05) is 55.7 Å². The number of aliphatic carboxylic acids is 1. The molecule has 1 aliphatic heterocycles. The summed E-state index contributed by atoms with van der Waals surface area (Å²) in [7, 11) is 0. The van der Waals surface area contributed by atoms with E-state index in [-0.39, 0.29) is 17.9 Å². The summed E-state index contributed by atoms with van der Waals surface area (Å²) < 4.78 is 7.33. The molecule has 1 aromatic heterocycles. The van der Waals surface area contributed by atoms with Crippen molar-refractivity contribution in [2.24, 2.45) is 5.92 Å². The Balaban J connectivity index is 1.47. The van der Waals surface area contributed by atoms with Crippen LogP contribution in [0.25, 0.3) is 5.69 Å². The Morgan fingerprint density at radius 1 is 1.24 bits per heavy atom. The normalized spacial score (nSPS) is 14.2. The molecule has 1 aromatic carbocycles. The zero-order valence-electron chi connectivity index (χ0n) is 22.0. The van der Waals surface area contributed by atoms with E-state index in [2.05, 4.69) is 40.2 Å². The Labute approximate surface area is 223 Å². The fourth-order valence-corrected chi connectivity index (χ4v) is 4.41. The van der Waals surface area contributed by atoms with Crippen LogP contribution >= 0.6 is 0 Å². The highest BCUT2D eigenvalue weighted by molar-refractivity contribution is 6.08. The minimum Gasteiger partial charge on any atom is -0.481 e. The number of fused-ring (bicyclic) bond motifs is 3. The zero-order valence-corrected chi connectivity index (χ0v) is 22.0. The van der Waals surface area contributed by atoms with Gasteiger partial charge in [-0.3, -0.25) is 9.59 Å². The number of carbonyl (C=O) groups excluding carboxylic acids is 2. The number of aromatic nitrogens is 2. The lowest BCUT2D eigenvalue weighted by atomic mass is 9.94. The number of hydrogen-bond donors (Lipinski definition) is 2. The average molecular weight is 518 g/mol. The number of Topliss-reactive ketones (excluding diaryl/α,β-unsaturated/α-hetero) is 1. The lowest BCUT2D eigenvalue weighted by molar-refractivity contribution is -0.142. The monoisotopic (exact) mass is 517 g/mol. The number of benzene rings is 1. The third-order valence-electron chi connectivity index (χ3n) is 6.64. The number of hydrogen-bond acceptors (Lipinski definition) is 5. The van der Waals surface area contributed by atoms with Crippen molar-refractivity contribution in [2.45, 2.75) is 52.1 Å². The Kier molecular flexibility index (Phi) is 9.99. The van der Waals surface area contributed by atoms with Crippen molar-refractivity contribution in [3.8, 4) is 5.69 Å². The van der Waals surface area contributed by atoms with Crippen LogP contribution < -0.4 is 5.32 Å².